The number of hydrogen-bond acceptors (Lipinski definition) is 14. The van der Waals surface area contributed by atoms with Gasteiger partial charge in [0.25, 0.3) is 5.91 Å². The van der Waals surface area contributed by atoms with E-state index in [1.54, 1.807) is 4.68 Å². The van der Waals surface area contributed by atoms with Gasteiger partial charge < -0.3 is 24.4 Å². The van der Waals surface area contributed by atoms with E-state index in [-0.39, 0.29) is 35.6 Å². The molecule has 1 unspecified atom stereocenters. The predicted octanol–water partition coefficient (Wildman–Crippen LogP) is 8.29. The normalized spacial score (nSPS) is 22.2. The molecule has 12 rings (SSSR count). The Kier molecular flexibility index (Phi) is 13.3. The minimum atomic E-state index is -1.10. The van der Waals surface area contributed by atoms with Crippen LogP contribution in [0.3, 0.4) is 0 Å². The van der Waals surface area contributed by atoms with Crippen molar-refractivity contribution in [3.8, 4) is 16.9 Å². The summed E-state index contributed by atoms with van der Waals surface area (Å²) < 4.78 is 15.9. The Morgan fingerprint density at radius 2 is 1.57 bits per heavy atom. The van der Waals surface area contributed by atoms with Crippen LogP contribution in [0.4, 0.5) is 16.8 Å². The number of carbonyl (C=O) groups excluding carboxylic acids is 3. The van der Waals surface area contributed by atoms with Crippen molar-refractivity contribution in [2.45, 2.75) is 95.5 Å². The first-order valence-corrected chi connectivity index (χ1v) is 27.1. The molecule has 4 aromatic heterocycles. The van der Waals surface area contributed by atoms with Crippen LogP contribution in [0.1, 0.15) is 101 Å². The number of thiazole rings is 1. The highest BCUT2D eigenvalue weighted by Crippen LogP contribution is 2.38. The van der Waals surface area contributed by atoms with Crippen LogP contribution in [-0.2, 0) is 34.3 Å². The quantitative estimate of drug-likeness (QED) is 0.0933. The van der Waals surface area contributed by atoms with Crippen LogP contribution >= 0.6 is 11.3 Å². The van der Waals surface area contributed by atoms with Crippen LogP contribution in [0, 0.1) is 12.8 Å². The molecule has 3 aliphatic heterocycles. The Hall–Kier alpha value is -7.28. The largest absolute Gasteiger partial charge is 0.490 e. The van der Waals surface area contributed by atoms with Gasteiger partial charge in [-0.1, -0.05) is 41.7 Å². The van der Waals surface area contributed by atoms with Gasteiger partial charge in [0.1, 0.15) is 17.4 Å². The SMILES string of the molecule is Cc1cc(OC2CCC(OC3CC(CN4CCN(c5ccc6c(C7CCC(=O)NC7=O)nn(C)c6n5)CC4)C3)CC2)ccc1-c1ccc(N2CCc3cccc(C(=O)Nc4nc5ccccc5s4)c3C2)nc1C(=O)O. The number of aryl methyl sites for hydroxylation is 2. The summed E-state index contributed by atoms with van der Waals surface area (Å²) in [5.41, 5.74) is 7.03. The van der Waals surface area contributed by atoms with Gasteiger partial charge in [-0.3, -0.25) is 34.6 Å². The van der Waals surface area contributed by atoms with Gasteiger partial charge in [0.15, 0.2) is 16.5 Å². The van der Waals surface area contributed by atoms with Crippen molar-refractivity contribution in [1.29, 1.82) is 0 Å². The summed E-state index contributed by atoms with van der Waals surface area (Å²) in [5.74, 6) is 0.574. The number of ether oxygens (including phenoxy) is 2. The monoisotopic (exact) mass is 1030 g/mol. The van der Waals surface area contributed by atoms with E-state index in [0.29, 0.717) is 72.1 Å². The first-order chi connectivity index (χ1) is 36.5. The molecule has 3 amide bonds. The maximum Gasteiger partial charge on any atom is 0.355 e. The molecule has 3 aromatic carbocycles. The highest BCUT2D eigenvalue weighted by atomic mass is 32.1. The van der Waals surface area contributed by atoms with Crippen molar-refractivity contribution >= 4 is 73.0 Å². The number of nitrogens with one attached hydrogen (secondary N) is 2. The molecule has 75 heavy (non-hydrogen) atoms. The fraction of sp³-hybridized carbons (Fsp3) is 0.404. The van der Waals surface area contributed by atoms with E-state index < -0.39 is 11.9 Å². The molecule has 4 fully saturated rings. The standard InChI is InChI=1S/C57H60N10O7S/c1-33-28-38(14-15-40(33)41-16-19-48(59-52(41)56(71)72)67-23-22-35-6-5-7-42(45(35)32-67)54(69)62-57-58-46-8-3-4-9-47(46)75-57)73-36-10-12-37(13-11-36)74-39-29-34(30-39)31-65-24-26-66(27-25-65)49-20-17-43-51(63-64(2)53(43)60-49)44-18-21-50(68)61-55(44)70/h3-9,14-17,19-20,28,34,36-37,39,44H,10-13,18,21-27,29-32H2,1-2H3,(H,71,72)(H,58,62,69)(H,61,68,70). The molecule has 0 bridgehead atoms. The maximum atomic E-state index is 13.6. The molecule has 2 aliphatic carbocycles. The van der Waals surface area contributed by atoms with Gasteiger partial charge in [-0.05, 0) is 141 Å². The first kappa shape index (κ1) is 48.6. The molecule has 386 valence electrons. The Morgan fingerprint density at radius 1 is 0.800 bits per heavy atom. The Labute approximate surface area is 438 Å². The van der Waals surface area contributed by atoms with Crippen molar-refractivity contribution in [2.75, 3.05) is 54.4 Å². The lowest BCUT2D eigenvalue weighted by molar-refractivity contribution is -0.134. The average molecular weight is 1030 g/mol. The second-order valence-electron chi connectivity index (χ2n) is 20.9. The number of para-hydroxylation sites is 1. The van der Waals surface area contributed by atoms with Crippen LogP contribution in [0.2, 0.25) is 0 Å². The minimum absolute atomic E-state index is 0.0219. The highest BCUT2D eigenvalue weighted by molar-refractivity contribution is 7.22. The number of aromatic carboxylic acids is 1. The number of fused-ring (bicyclic) bond motifs is 3. The molecular weight excluding hydrogens is 969 g/mol. The van der Waals surface area contributed by atoms with Gasteiger partial charge in [-0.2, -0.15) is 5.10 Å². The van der Waals surface area contributed by atoms with E-state index in [1.807, 2.05) is 104 Å². The van der Waals surface area contributed by atoms with Crippen molar-refractivity contribution in [3.63, 3.8) is 0 Å². The summed E-state index contributed by atoms with van der Waals surface area (Å²) >= 11 is 1.44. The van der Waals surface area contributed by atoms with Gasteiger partial charge >= 0.3 is 5.97 Å². The maximum absolute atomic E-state index is 13.6. The van der Waals surface area contributed by atoms with Crippen LogP contribution in [0.25, 0.3) is 32.4 Å². The summed E-state index contributed by atoms with van der Waals surface area (Å²) in [4.78, 5) is 72.0. The minimum Gasteiger partial charge on any atom is -0.490 e. The van der Waals surface area contributed by atoms with Crippen molar-refractivity contribution < 1.29 is 33.8 Å². The van der Waals surface area contributed by atoms with E-state index in [1.165, 1.54) is 11.3 Å². The number of pyridine rings is 2. The van der Waals surface area contributed by atoms with Crippen LogP contribution < -0.4 is 25.2 Å². The fourth-order valence-electron chi connectivity index (χ4n) is 11.8. The number of piperazine rings is 1. The number of imide groups is 1. The molecule has 2 saturated heterocycles. The molecule has 7 aromatic rings. The summed E-state index contributed by atoms with van der Waals surface area (Å²) in [6, 6.07) is 27.2. The summed E-state index contributed by atoms with van der Waals surface area (Å²) in [5, 5.41) is 22.0. The molecule has 18 heteroatoms. The molecule has 1 atom stereocenters. The van der Waals surface area contributed by atoms with E-state index in [0.717, 1.165) is 126 Å². The number of carbonyl (C=O) groups is 4. The zero-order chi connectivity index (χ0) is 51.3. The highest BCUT2D eigenvalue weighted by Gasteiger charge is 2.36. The first-order valence-electron chi connectivity index (χ1n) is 26.3. The lowest BCUT2D eigenvalue weighted by Gasteiger charge is -2.43. The van der Waals surface area contributed by atoms with Crippen molar-refractivity contribution in [3.05, 3.63) is 119 Å². The Morgan fingerprint density at radius 3 is 2.36 bits per heavy atom. The number of amides is 3. The lowest BCUT2D eigenvalue weighted by atomic mass is 9.81. The fourth-order valence-corrected chi connectivity index (χ4v) is 12.7. The van der Waals surface area contributed by atoms with Gasteiger partial charge in [-0.25, -0.2) is 19.7 Å². The smallest absolute Gasteiger partial charge is 0.355 e. The molecular formula is C57H60N10O7S. The van der Waals surface area contributed by atoms with Gasteiger partial charge in [0, 0.05) is 75.8 Å². The van der Waals surface area contributed by atoms with Gasteiger partial charge in [-0.15, -0.1) is 0 Å². The van der Waals surface area contributed by atoms with Crippen molar-refractivity contribution in [1.82, 2.24) is 34.9 Å². The van der Waals surface area contributed by atoms with Crippen LogP contribution in [-0.4, -0.2) is 116 Å². The second kappa shape index (κ2) is 20.4. The zero-order valence-corrected chi connectivity index (χ0v) is 43.0. The zero-order valence-electron chi connectivity index (χ0n) is 42.2. The molecule has 0 spiro atoms. The number of piperidine rings is 1. The summed E-state index contributed by atoms with van der Waals surface area (Å²) in [6.07, 6.45) is 8.05. The van der Waals surface area contributed by atoms with E-state index >= 15 is 0 Å². The molecule has 5 aliphatic rings. The van der Waals surface area contributed by atoms with Crippen LogP contribution in [0.15, 0.2) is 84.9 Å². The number of hydrogen-bond donors (Lipinski definition) is 3. The molecule has 2 saturated carbocycles. The van der Waals surface area contributed by atoms with Gasteiger partial charge in [0.2, 0.25) is 11.8 Å². The number of carboxylic acids is 1. The summed E-state index contributed by atoms with van der Waals surface area (Å²) in [6.45, 7) is 7.85. The topological polar surface area (TPSA) is 197 Å². The third-order valence-corrected chi connectivity index (χ3v) is 16.9. The third-order valence-electron chi connectivity index (χ3n) is 15.9. The Balaban J connectivity index is 0.596. The average Bonchev–Trinajstić information content (AvgIpc) is 3.97. The number of rotatable bonds is 13. The molecule has 17 nitrogen and oxygen atoms in total. The molecule has 3 N–H and O–H groups in total. The van der Waals surface area contributed by atoms with E-state index in [4.69, 9.17) is 19.4 Å². The molecule has 7 heterocycles. The van der Waals surface area contributed by atoms with Crippen LogP contribution in [0.5, 0.6) is 5.75 Å². The number of benzene rings is 3. The molecule has 0 radical (unpaired) electrons. The van der Waals surface area contributed by atoms with Crippen molar-refractivity contribution in [2.24, 2.45) is 13.0 Å². The summed E-state index contributed by atoms with van der Waals surface area (Å²) in [7, 11) is 1.86. The van der Waals surface area contributed by atoms with E-state index in [9.17, 15) is 24.3 Å². The number of carboxylic acid groups (broad SMARTS) is 1. The third kappa shape index (κ3) is 10.1. The number of anilines is 3. The number of aromatic nitrogens is 5. The Bertz CT molecular complexity index is 3320. The second-order valence-corrected chi connectivity index (χ2v) is 21.9. The predicted molar refractivity (Wildman–Crippen MR) is 287 cm³/mol. The van der Waals surface area contributed by atoms with Gasteiger partial charge in [0.05, 0.1) is 40.1 Å². The lowest BCUT2D eigenvalue weighted by Crippen LogP contribution is -2.50. The van der Waals surface area contributed by atoms with E-state index in [2.05, 4.69) is 30.5 Å². The number of nitrogens with zero attached hydrogens (tertiary/aromatic N) is 8.